The number of hydrazone groups is 1. The van der Waals surface area contributed by atoms with E-state index in [4.69, 9.17) is 19.6 Å². The summed E-state index contributed by atoms with van der Waals surface area (Å²) in [6.45, 7) is 0. The van der Waals surface area contributed by atoms with Gasteiger partial charge in [0.2, 0.25) is 0 Å². The standard InChI is InChI=1S/C38H33N3O3/c1-43-29-19-15-25(16-20-29)23-28-11-8-13-32-36(28)40-41(37(32)27-17-21-30(44-2)22-18-27)38(42)33-24-35(26-9-4-3-5-10-26)39-34-14-7-6-12-31(33)34/h3-7,9-10,12,14-24,32,37H,8,11,13H2,1-2H3/b28-23-. The summed E-state index contributed by atoms with van der Waals surface area (Å²) in [6.07, 6.45) is 5.09. The third-order valence-electron chi connectivity index (χ3n) is 8.64. The molecule has 2 atom stereocenters. The molecule has 7 rings (SSSR count). The number of fused-ring (bicyclic) bond motifs is 2. The molecule has 2 heterocycles. The van der Waals surface area contributed by atoms with Crippen molar-refractivity contribution in [2.75, 3.05) is 14.2 Å². The first-order valence-corrected chi connectivity index (χ1v) is 15.0. The molecule has 1 saturated carbocycles. The predicted octanol–water partition coefficient (Wildman–Crippen LogP) is 8.36. The van der Waals surface area contributed by atoms with Gasteiger partial charge in [0, 0.05) is 16.9 Å². The number of methoxy groups -OCH3 is 2. The van der Waals surface area contributed by atoms with E-state index in [0.29, 0.717) is 5.56 Å². The van der Waals surface area contributed by atoms with E-state index in [0.717, 1.165) is 69.8 Å². The van der Waals surface area contributed by atoms with Gasteiger partial charge in [-0.25, -0.2) is 9.99 Å². The Balaban J connectivity index is 1.36. The highest BCUT2D eigenvalue weighted by atomic mass is 16.5. The van der Waals surface area contributed by atoms with Gasteiger partial charge >= 0.3 is 0 Å². The average Bonchev–Trinajstić information content (AvgIpc) is 3.49. The minimum atomic E-state index is -0.241. The van der Waals surface area contributed by atoms with E-state index in [2.05, 4.69) is 30.3 Å². The zero-order valence-electron chi connectivity index (χ0n) is 24.8. The van der Waals surface area contributed by atoms with Crippen LogP contribution in [0.2, 0.25) is 0 Å². The molecule has 6 heteroatoms. The maximum atomic E-state index is 14.8. The lowest BCUT2D eigenvalue weighted by molar-refractivity contribution is 0.0683. The second-order valence-corrected chi connectivity index (χ2v) is 11.2. The predicted molar refractivity (Wildman–Crippen MR) is 175 cm³/mol. The van der Waals surface area contributed by atoms with Crippen molar-refractivity contribution in [2.24, 2.45) is 11.0 Å². The molecule has 1 fully saturated rings. The molecule has 218 valence electrons. The van der Waals surface area contributed by atoms with E-state index in [-0.39, 0.29) is 17.9 Å². The molecule has 0 spiro atoms. The van der Waals surface area contributed by atoms with Crippen LogP contribution in [0.25, 0.3) is 28.2 Å². The highest BCUT2D eigenvalue weighted by molar-refractivity contribution is 6.12. The Kier molecular flexibility index (Phi) is 7.40. The SMILES string of the molecule is COc1ccc(/C=C2/CCCC3C2=NN(C(=O)c2cc(-c4ccccc4)nc4ccccc24)C3c2ccc(OC)cc2)cc1. The zero-order chi connectivity index (χ0) is 30.0. The van der Waals surface area contributed by atoms with E-state index in [1.54, 1.807) is 19.2 Å². The summed E-state index contributed by atoms with van der Waals surface area (Å²) in [4.78, 5) is 19.7. The van der Waals surface area contributed by atoms with Crippen LogP contribution in [-0.2, 0) is 0 Å². The lowest BCUT2D eigenvalue weighted by Crippen LogP contribution is -2.32. The maximum absolute atomic E-state index is 14.8. The van der Waals surface area contributed by atoms with Crippen LogP contribution in [0.4, 0.5) is 0 Å². The Morgan fingerprint density at radius 3 is 2.25 bits per heavy atom. The molecular formula is C38H33N3O3. The maximum Gasteiger partial charge on any atom is 0.275 e. The number of carbonyl (C=O) groups excluding carboxylic acids is 1. The molecule has 1 aromatic heterocycles. The minimum absolute atomic E-state index is 0.0762. The Hall–Kier alpha value is -5.23. The largest absolute Gasteiger partial charge is 0.497 e. The molecule has 44 heavy (non-hydrogen) atoms. The number of rotatable bonds is 6. The fraction of sp³-hybridized carbons (Fsp3) is 0.184. The number of ether oxygens (including phenoxy) is 2. The molecule has 0 radical (unpaired) electrons. The minimum Gasteiger partial charge on any atom is -0.497 e. The van der Waals surface area contributed by atoms with Crippen molar-refractivity contribution in [3.05, 3.63) is 131 Å². The second kappa shape index (κ2) is 11.8. The van der Waals surface area contributed by atoms with Crippen LogP contribution >= 0.6 is 0 Å². The first-order chi connectivity index (χ1) is 21.6. The molecule has 2 aliphatic rings. The number of hydrogen-bond donors (Lipinski definition) is 0. The number of para-hydroxylation sites is 1. The van der Waals surface area contributed by atoms with Gasteiger partial charge in [-0.1, -0.05) is 72.8 Å². The zero-order valence-corrected chi connectivity index (χ0v) is 24.8. The van der Waals surface area contributed by atoms with Gasteiger partial charge in [-0.15, -0.1) is 0 Å². The van der Waals surface area contributed by atoms with Gasteiger partial charge in [0.1, 0.15) is 11.5 Å². The Morgan fingerprint density at radius 2 is 1.52 bits per heavy atom. The molecular weight excluding hydrogens is 546 g/mol. The van der Waals surface area contributed by atoms with Crippen LogP contribution < -0.4 is 9.47 Å². The van der Waals surface area contributed by atoms with Gasteiger partial charge in [-0.3, -0.25) is 4.79 Å². The van der Waals surface area contributed by atoms with Crippen LogP contribution in [0, 0.1) is 5.92 Å². The van der Waals surface area contributed by atoms with E-state index < -0.39 is 0 Å². The van der Waals surface area contributed by atoms with Crippen molar-refractivity contribution in [1.82, 2.24) is 9.99 Å². The van der Waals surface area contributed by atoms with Gasteiger partial charge in [0.25, 0.3) is 5.91 Å². The van der Waals surface area contributed by atoms with Crippen LogP contribution in [0.5, 0.6) is 11.5 Å². The molecule has 2 unspecified atom stereocenters. The Morgan fingerprint density at radius 1 is 0.841 bits per heavy atom. The molecule has 1 aliphatic carbocycles. The number of allylic oxidation sites excluding steroid dienone is 1. The summed E-state index contributed by atoms with van der Waals surface area (Å²) in [6, 6.07) is 35.6. The number of benzene rings is 4. The number of amides is 1. The summed E-state index contributed by atoms with van der Waals surface area (Å²) in [5.74, 6) is 1.55. The molecule has 5 aromatic rings. The smallest absolute Gasteiger partial charge is 0.275 e. The van der Waals surface area contributed by atoms with Crippen LogP contribution in [-0.4, -0.2) is 35.8 Å². The van der Waals surface area contributed by atoms with Gasteiger partial charge < -0.3 is 9.47 Å². The summed E-state index contributed by atoms with van der Waals surface area (Å²) in [5.41, 5.74) is 7.38. The molecule has 1 amide bonds. The highest BCUT2D eigenvalue weighted by Crippen LogP contribution is 2.45. The fourth-order valence-electron chi connectivity index (χ4n) is 6.44. The number of nitrogens with zero attached hydrogens (tertiary/aromatic N) is 3. The molecule has 6 nitrogen and oxygen atoms in total. The lowest BCUT2D eigenvalue weighted by atomic mass is 9.77. The highest BCUT2D eigenvalue weighted by Gasteiger charge is 2.44. The van der Waals surface area contributed by atoms with Crippen molar-refractivity contribution in [3.63, 3.8) is 0 Å². The van der Waals surface area contributed by atoms with Gasteiger partial charge in [-0.2, -0.15) is 5.10 Å². The van der Waals surface area contributed by atoms with Crippen molar-refractivity contribution in [2.45, 2.75) is 25.3 Å². The van der Waals surface area contributed by atoms with Crippen LogP contribution in [0.1, 0.15) is 46.8 Å². The number of hydrogen-bond acceptors (Lipinski definition) is 5. The van der Waals surface area contributed by atoms with Gasteiger partial charge in [0.15, 0.2) is 0 Å². The van der Waals surface area contributed by atoms with E-state index in [1.165, 1.54) is 5.57 Å². The number of pyridine rings is 1. The van der Waals surface area contributed by atoms with Crippen LogP contribution in [0.3, 0.4) is 0 Å². The van der Waals surface area contributed by atoms with Crippen molar-refractivity contribution in [1.29, 1.82) is 0 Å². The quantitative estimate of drug-likeness (QED) is 0.203. The van der Waals surface area contributed by atoms with E-state index in [9.17, 15) is 4.79 Å². The Bertz CT molecular complexity index is 1880. The summed E-state index contributed by atoms with van der Waals surface area (Å²) in [7, 11) is 3.34. The van der Waals surface area contributed by atoms with Crippen molar-refractivity contribution < 1.29 is 14.3 Å². The van der Waals surface area contributed by atoms with Gasteiger partial charge in [0.05, 0.1) is 42.7 Å². The molecule has 0 bridgehead atoms. The average molecular weight is 580 g/mol. The second-order valence-electron chi connectivity index (χ2n) is 11.2. The lowest BCUT2D eigenvalue weighted by Gasteiger charge is -2.30. The van der Waals surface area contributed by atoms with E-state index >= 15 is 0 Å². The van der Waals surface area contributed by atoms with Crippen LogP contribution in [0.15, 0.2) is 120 Å². The van der Waals surface area contributed by atoms with Crippen molar-refractivity contribution in [3.8, 4) is 22.8 Å². The first-order valence-electron chi connectivity index (χ1n) is 15.0. The first kappa shape index (κ1) is 27.6. The monoisotopic (exact) mass is 579 g/mol. The summed E-state index contributed by atoms with van der Waals surface area (Å²) < 4.78 is 10.8. The molecule has 4 aromatic carbocycles. The third-order valence-corrected chi connectivity index (χ3v) is 8.64. The molecule has 1 aliphatic heterocycles. The number of carbonyl (C=O) groups is 1. The third kappa shape index (κ3) is 5.13. The van der Waals surface area contributed by atoms with Crippen molar-refractivity contribution >= 4 is 28.6 Å². The molecule has 0 saturated heterocycles. The summed E-state index contributed by atoms with van der Waals surface area (Å²) in [5, 5.41) is 7.71. The van der Waals surface area contributed by atoms with E-state index in [1.807, 2.05) is 84.9 Å². The Labute approximate surface area is 257 Å². The van der Waals surface area contributed by atoms with Gasteiger partial charge in [-0.05, 0) is 78.4 Å². The summed E-state index contributed by atoms with van der Waals surface area (Å²) >= 11 is 0. The fourth-order valence-corrected chi connectivity index (χ4v) is 6.44. The molecule has 0 N–H and O–H groups in total. The normalized spacial score (nSPS) is 18.6. The number of aromatic nitrogens is 1. The topological polar surface area (TPSA) is 64.0 Å².